The topological polar surface area (TPSA) is 41.4 Å². The zero-order valence-electron chi connectivity index (χ0n) is 59.3. The molecule has 0 fully saturated rings. The summed E-state index contributed by atoms with van der Waals surface area (Å²) in [5.74, 6) is 4.82. The van der Waals surface area contributed by atoms with Crippen LogP contribution in [0.25, 0.3) is 45.0 Å². The van der Waals surface area contributed by atoms with E-state index in [0.29, 0.717) is 36.7 Å². The van der Waals surface area contributed by atoms with Crippen LogP contribution in [-0.4, -0.2) is 70.4 Å². The number of anilines is 4. The largest absolute Gasteiger partial charge is 0.339 e. The zero-order valence-corrected chi connectivity index (χ0v) is 59.3. The second kappa shape index (κ2) is 28.6. The SMILES string of the molecule is Cc1cc(C)c(-c2cccc(N3C=CN(C(C)C)[C@H]3C)[n+]2C)cc1C.Cc1ccc(C)c(-c2cccc(N3C=CN(C(C)C)[C@H]3C)[n+]2C)c1.Cc1ccc(C)c(-c2cccc(N3C=CN(C)[C@H]3C)[n+]2C)c1.Cc1ccccc1-c1cccc(N2C=CN(C)[C@H]2C)[n+]1C. The summed E-state index contributed by atoms with van der Waals surface area (Å²) in [5.41, 5.74) is 20.7. The van der Waals surface area contributed by atoms with Crippen molar-refractivity contribution in [3.8, 4) is 45.0 Å². The van der Waals surface area contributed by atoms with Gasteiger partial charge in [-0.05, 0) is 211 Å². The van der Waals surface area contributed by atoms with Crippen LogP contribution < -0.4 is 37.9 Å². The number of rotatable bonds is 10. The van der Waals surface area contributed by atoms with E-state index in [-0.39, 0.29) is 0 Å². The Labute approximate surface area is 552 Å². The molecule has 4 aromatic heterocycles. The first-order valence-electron chi connectivity index (χ1n) is 32.9. The normalized spacial score (nSPS) is 17.3. The first kappa shape index (κ1) is 67.2. The minimum Gasteiger partial charge on any atom is -0.339 e. The van der Waals surface area contributed by atoms with Crippen LogP contribution in [0.3, 0.4) is 0 Å². The van der Waals surface area contributed by atoms with Crippen LogP contribution in [0.15, 0.2) is 195 Å². The van der Waals surface area contributed by atoms with Gasteiger partial charge in [-0.25, -0.2) is 37.9 Å². The lowest BCUT2D eigenvalue weighted by Gasteiger charge is -2.28. The lowest BCUT2D eigenvalue weighted by Crippen LogP contribution is -2.45. The van der Waals surface area contributed by atoms with Gasteiger partial charge in [0, 0.05) is 97.5 Å². The molecule has 480 valence electrons. The van der Waals surface area contributed by atoms with E-state index in [0.717, 1.165) is 0 Å². The minimum absolute atomic E-state index is 0.322. The Bertz CT molecular complexity index is 4060. The van der Waals surface area contributed by atoms with Gasteiger partial charge in [0.1, 0.15) is 47.6 Å². The van der Waals surface area contributed by atoms with E-state index in [9.17, 15) is 0 Å². The van der Waals surface area contributed by atoms with E-state index in [1.165, 1.54) is 113 Å². The molecule has 12 heteroatoms. The Balaban J connectivity index is 0.000000145. The van der Waals surface area contributed by atoms with Gasteiger partial charge >= 0.3 is 0 Å². The molecule has 0 radical (unpaired) electrons. The van der Waals surface area contributed by atoms with E-state index in [2.05, 4.69) is 406 Å². The molecule has 0 amide bonds. The highest BCUT2D eigenvalue weighted by Crippen LogP contribution is 2.32. The summed E-state index contributed by atoms with van der Waals surface area (Å²) >= 11 is 0. The maximum absolute atomic E-state index is 2.38. The van der Waals surface area contributed by atoms with Crippen LogP contribution in [0.1, 0.15) is 99.9 Å². The third-order valence-corrected chi connectivity index (χ3v) is 19.3. The molecular formula is C80H104N12+4. The summed E-state index contributed by atoms with van der Waals surface area (Å²) in [4.78, 5) is 18.5. The van der Waals surface area contributed by atoms with Crippen LogP contribution in [-0.2, 0) is 28.2 Å². The van der Waals surface area contributed by atoms with Crippen molar-refractivity contribution in [3.63, 3.8) is 0 Å². The molecule has 0 bridgehead atoms. The lowest BCUT2D eigenvalue weighted by molar-refractivity contribution is -0.647. The lowest BCUT2D eigenvalue weighted by atomic mass is 9.98. The molecule has 0 unspecified atom stereocenters. The number of benzene rings is 4. The molecule has 12 rings (SSSR count). The molecule has 12 nitrogen and oxygen atoms in total. The number of aryl methyl sites for hydroxylation is 8. The molecule has 0 spiro atoms. The number of pyridine rings is 4. The zero-order chi connectivity index (χ0) is 66.6. The monoisotopic (exact) mass is 1230 g/mol. The van der Waals surface area contributed by atoms with Crippen molar-refractivity contribution in [2.24, 2.45) is 28.2 Å². The summed E-state index contributed by atoms with van der Waals surface area (Å²) < 4.78 is 9.15. The molecule has 0 N–H and O–H groups in total. The highest BCUT2D eigenvalue weighted by atomic mass is 15.4. The first-order valence-corrected chi connectivity index (χ1v) is 32.9. The minimum atomic E-state index is 0.322. The molecule has 4 aliphatic rings. The molecule has 0 aliphatic carbocycles. The number of hydrogen-bond acceptors (Lipinski definition) is 8. The van der Waals surface area contributed by atoms with Gasteiger partial charge in [-0.15, -0.1) is 0 Å². The van der Waals surface area contributed by atoms with Crippen LogP contribution in [0.4, 0.5) is 23.3 Å². The van der Waals surface area contributed by atoms with Gasteiger partial charge in [-0.1, -0.05) is 65.7 Å². The summed E-state index contributed by atoms with van der Waals surface area (Å²) in [7, 11) is 12.8. The van der Waals surface area contributed by atoms with Gasteiger partial charge < -0.3 is 19.6 Å². The van der Waals surface area contributed by atoms with Crippen molar-refractivity contribution in [1.29, 1.82) is 0 Å². The second-order valence-electron chi connectivity index (χ2n) is 26.3. The summed E-state index contributed by atoms with van der Waals surface area (Å²) in [6, 6.07) is 53.5. The molecule has 8 heterocycles. The highest BCUT2D eigenvalue weighted by Gasteiger charge is 2.36. The van der Waals surface area contributed by atoms with Crippen molar-refractivity contribution in [1.82, 2.24) is 19.6 Å². The average Bonchev–Trinajstić information content (AvgIpc) is 1.78. The van der Waals surface area contributed by atoms with E-state index in [4.69, 9.17) is 0 Å². The number of aromatic nitrogens is 4. The molecular weight excluding hydrogens is 1130 g/mol. The highest BCUT2D eigenvalue weighted by molar-refractivity contribution is 5.67. The summed E-state index contributed by atoms with van der Waals surface area (Å²) in [6.07, 6.45) is 18.6. The fraction of sp³-hybridized carbons (Fsp3) is 0.350. The van der Waals surface area contributed by atoms with Gasteiger partial charge in [0.2, 0.25) is 0 Å². The molecule has 4 aliphatic heterocycles. The second-order valence-corrected chi connectivity index (χ2v) is 26.3. The van der Waals surface area contributed by atoms with Gasteiger partial charge in [-0.2, -0.15) is 0 Å². The van der Waals surface area contributed by atoms with Crippen LogP contribution >= 0.6 is 0 Å². The maximum atomic E-state index is 2.38. The molecule has 4 aromatic carbocycles. The molecule has 8 aromatic rings. The summed E-state index contributed by atoms with van der Waals surface area (Å²) in [6.45, 7) is 35.3. The smallest absolute Gasteiger partial charge is 0.283 e. The fourth-order valence-corrected chi connectivity index (χ4v) is 13.1. The third-order valence-electron chi connectivity index (χ3n) is 19.3. The Morgan fingerprint density at radius 3 is 0.946 bits per heavy atom. The standard InChI is InChI=1S/C22H30N3.C21H28N3.C19H24N3.C18H22N3/c1-15(2)24-11-12-25(19(24)6)22-10-8-9-21(23(22)7)20-14-17(4)16(3)13-18(20)5;1-15(2)23-12-13-24(18(23)5)21-9-7-8-20(22(21)6)19-14-16(3)10-11-17(19)4;1-14-9-10-15(2)17(13-14)18-7-6-8-19(21(18)5)22-12-11-20(4)16(22)3;1-14-8-5-6-9-16(14)17-10-7-11-18(20(17)4)21-13-12-19(3)15(21)2/h8-15,19H,1-7H3;7-15,18H,1-6H3;6-13,16H,1-5H3;5-13,15H,1-4H3/q4*+1/t19-;18-;16-;15-/m1111/s1. The number of hydrogen-bond donors (Lipinski definition) is 0. The van der Waals surface area contributed by atoms with Crippen molar-refractivity contribution >= 4 is 23.3 Å². The third kappa shape index (κ3) is 14.0. The van der Waals surface area contributed by atoms with Crippen LogP contribution in [0.5, 0.6) is 0 Å². The van der Waals surface area contributed by atoms with Crippen molar-refractivity contribution in [2.45, 2.75) is 148 Å². The van der Waals surface area contributed by atoms with Crippen molar-refractivity contribution in [3.05, 3.63) is 240 Å². The van der Waals surface area contributed by atoms with Crippen LogP contribution in [0, 0.1) is 55.4 Å². The van der Waals surface area contributed by atoms with E-state index in [1.54, 1.807) is 0 Å². The van der Waals surface area contributed by atoms with Crippen molar-refractivity contribution < 1.29 is 18.3 Å². The Morgan fingerprint density at radius 1 is 0.293 bits per heavy atom. The molecule has 0 saturated carbocycles. The fourth-order valence-electron chi connectivity index (χ4n) is 13.1. The average molecular weight is 1230 g/mol. The van der Waals surface area contributed by atoms with Gasteiger partial charge in [0.05, 0.1) is 28.2 Å². The van der Waals surface area contributed by atoms with E-state index >= 15 is 0 Å². The van der Waals surface area contributed by atoms with Gasteiger partial charge in [-0.3, -0.25) is 0 Å². The van der Waals surface area contributed by atoms with E-state index in [1.807, 2.05) is 0 Å². The Hall–Kier alpha value is -9.16. The van der Waals surface area contributed by atoms with Gasteiger partial charge in [0.25, 0.3) is 23.3 Å². The molecule has 92 heavy (non-hydrogen) atoms. The Kier molecular flexibility index (Phi) is 20.9. The predicted octanol–water partition coefficient (Wildman–Crippen LogP) is 15.0. The van der Waals surface area contributed by atoms with E-state index < -0.39 is 0 Å². The quantitative estimate of drug-likeness (QED) is 0.126. The predicted molar refractivity (Wildman–Crippen MR) is 384 cm³/mol. The number of nitrogens with zero attached hydrogens (tertiary/aromatic N) is 12. The van der Waals surface area contributed by atoms with Crippen LogP contribution in [0.2, 0.25) is 0 Å². The first-order chi connectivity index (χ1) is 43.8. The Morgan fingerprint density at radius 2 is 0.609 bits per heavy atom. The van der Waals surface area contributed by atoms with Crippen molar-refractivity contribution in [2.75, 3.05) is 33.7 Å². The maximum Gasteiger partial charge on any atom is 0.283 e. The summed E-state index contributed by atoms with van der Waals surface area (Å²) in [5, 5.41) is 0. The molecule has 0 saturated heterocycles. The van der Waals surface area contributed by atoms with Gasteiger partial charge in [0.15, 0.2) is 24.7 Å². The molecule has 4 atom stereocenters.